The molecule has 1 fully saturated rings. The first kappa shape index (κ1) is 8.21. The van der Waals surface area contributed by atoms with Crippen LogP contribution in [0.3, 0.4) is 0 Å². The van der Waals surface area contributed by atoms with Gasteiger partial charge in [-0.1, -0.05) is 0 Å². The van der Waals surface area contributed by atoms with Gasteiger partial charge in [0, 0.05) is 6.54 Å². The van der Waals surface area contributed by atoms with Crippen molar-refractivity contribution in [2.24, 2.45) is 0 Å². The van der Waals surface area contributed by atoms with Crippen LogP contribution in [0.5, 0.6) is 0 Å². The summed E-state index contributed by atoms with van der Waals surface area (Å²) in [7, 11) is 2.78. The molecular weight excluding hydrogens is 151 g/mol. The maximum absolute atomic E-state index is 11.7. The lowest BCUT2D eigenvalue weighted by molar-refractivity contribution is 0.320. The molecule has 0 radical (unpaired) electrons. The minimum Gasteiger partial charge on any atom is -0.305 e. The summed E-state index contributed by atoms with van der Waals surface area (Å²) >= 11 is 0. The van der Waals surface area contributed by atoms with Crippen molar-refractivity contribution in [3.8, 4) is 0 Å². The zero-order valence-electron chi connectivity index (χ0n) is 6.57. The smallest absolute Gasteiger partial charge is 0.305 e. The summed E-state index contributed by atoms with van der Waals surface area (Å²) < 4.78 is 20.2. The molecule has 5 heteroatoms. The third kappa shape index (κ3) is 1.12. The van der Waals surface area contributed by atoms with E-state index < -0.39 is 7.67 Å². The summed E-state index contributed by atoms with van der Waals surface area (Å²) in [6.07, 6.45) is 0. The van der Waals surface area contributed by atoms with Crippen molar-refractivity contribution in [3.05, 3.63) is 0 Å². The monoisotopic (exact) mass is 164 g/mol. The number of hydrogen-bond donors (Lipinski definition) is 0. The highest BCUT2D eigenvalue weighted by Crippen LogP contribution is 2.54. The zero-order chi connectivity index (χ0) is 7.78. The number of hydrogen-bond acceptors (Lipinski definition) is 2. The highest BCUT2D eigenvalue weighted by atomic mass is 31.2. The van der Waals surface area contributed by atoms with Crippen LogP contribution in [-0.4, -0.2) is 43.6 Å². The van der Waals surface area contributed by atoms with Crippen LogP contribution in [0.25, 0.3) is 0 Å². The Labute approximate surface area is 61.3 Å². The summed E-state index contributed by atoms with van der Waals surface area (Å²) in [5.74, 6) is 0. The van der Waals surface area contributed by atoms with Crippen LogP contribution in [0.4, 0.5) is 0 Å². The number of likely N-dealkylation sites (N-methyl/N-ethyl adjacent to an activating group) is 1. The van der Waals surface area contributed by atoms with Gasteiger partial charge in [0.15, 0.2) is 0 Å². The van der Waals surface area contributed by atoms with E-state index in [1.165, 1.54) is 0 Å². The van der Waals surface area contributed by atoms with Gasteiger partial charge in [0.1, 0.15) is 0 Å². The van der Waals surface area contributed by atoms with Crippen molar-refractivity contribution >= 4 is 7.67 Å². The van der Waals surface area contributed by atoms with Gasteiger partial charge >= 0.3 is 7.67 Å². The summed E-state index contributed by atoms with van der Waals surface area (Å²) in [6, 6.07) is 0. The van der Waals surface area contributed by atoms with Crippen LogP contribution in [0, 0.1) is 0 Å². The van der Waals surface area contributed by atoms with Gasteiger partial charge in [0.25, 0.3) is 0 Å². The molecule has 0 aromatic carbocycles. The van der Waals surface area contributed by atoms with E-state index in [-0.39, 0.29) is 0 Å². The van der Waals surface area contributed by atoms with Gasteiger partial charge in [0.2, 0.25) is 0 Å². The predicted octanol–water partition coefficient (Wildman–Crippen LogP) is 0.618. The van der Waals surface area contributed by atoms with Gasteiger partial charge in [-0.05, 0) is 21.1 Å². The lowest BCUT2D eigenvalue weighted by atomic mass is 10.7. The third-order valence-corrected chi connectivity index (χ3v) is 4.20. The molecule has 10 heavy (non-hydrogen) atoms. The molecule has 1 rings (SSSR count). The van der Waals surface area contributed by atoms with Gasteiger partial charge in [-0.25, -0.2) is 9.34 Å². The van der Waals surface area contributed by atoms with Crippen molar-refractivity contribution < 1.29 is 9.09 Å². The molecule has 0 spiro atoms. The minimum absolute atomic E-state index is 0.575. The van der Waals surface area contributed by atoms with Gasteiger partial charge < -0.3 is 4.52 Å². The largest absolute Gasteiger partial charge is 0.345 e. The second kappa shape index (κ2) is 2.62. The molecule has 1 atom stereocenters. The normalized spacial score (nSPS) is 35.6. The van der Waals surface area contributed by atoms with Crippen molar-refractivity contribution in [1.82, 2.24) is 9.34 Å². The fraction of sp³-hybridized carbons (Fsp3) is 1.00. The molecule has 0 aliphatic carbocycles. The van der Waals surface area contributed by atoms with Gasteiger partial charge in [-0.2, -0.15) is 0 Å². The molecule has 0 aromatic rings. The highest BCUT2D eigenvalue weighted by molar-refractivity contribution is 7.54. The van der Waals surface area contributed by atoms with E-state index in [9.17, 15) is 4.57 Å². The van der Waals surface area contributed by atoms with E-state index in [1.807, 2.05) is 7.05 Å². The van der Waals surface area contributed by atoms with E-state index in [4.69, 9.17) is 4.52 Å². The number of nitrogens with zero attached hydrogens (tertiary/aromatic N) is 2. The Kier molecular flexibility index (Phi) is 2.15. The molecule has 0 amide bonds. The Morgan fingerprint density at radius 3 is 2.40 bits per heavy atom. The Morgan fingerprint density at radius 1 is 1.60 bits per heavy atom. The molecule has 1 unspecified atom stereocenters. The topological polar surface area (TPSA) is 32.8 Å². The van der Waals surface area contributed by atoms with Crippen LogP contribution in [0.15, 0.2) is 0 Å². The van der Waals surface area contributed by atoms with Crippen molar-refractivity contribution in [1.29, 1.82) is 0 Å². The molecule has 1 aliphatic rings. The summed E-state index contributed by atoms with van der Waals surface area (Å²) in [5.41, 5.74) is 0. The van der Waals surface area contributed by atoms with Crippen LogP contribution < -0.4 is 0 Å². The molecule has 0 N–H and O–H groups in total. The van der Waals surface area contributed by atoms with Crippen molar-refractivity contribution in [3.63, 3.8) is 0 Å². The Balaban J connectivity index is 2.76. The average Bonchev–Trinajstić information content (AvgIpc) is 2.15. The maximum Gasteiger partial charge on any atom is 0.345 e. The first-order valence-electron chi connectivity index (χ1n) is 3.21. The lowest BCUT2D eigenvalue weighted by Gasteiger charge is -2.23. The van der Waals surface area contributed by atoms with E-state index in [2.05, 4.69) is 0 Å². The van der Waals surface area contributed by atoms with Gasteiger partial charge in [-0.15, -0.1) is 0 Å². The molecule has 0 aromatic heterocycles. The van der Waals surface area contributed by atoms with Gasteiger partial charge in [-0.3, -0.25) is 4.57 Å². The maximum atomic E-state index is 11.7. The standard InChI is InChI=1S/C5H13N2O2P/c1-6(2)10(8)7(3)4-5-9-10/h4-5H2,1-3H3. The molecule has 1 saturated heterocycles. The van der Waals surface area contributed by atoms with Crippen LogP contribution in [-0.2, 0) is 9.09 Å². The van der Waals surface area contributed by atoms with E-state index in [0.717, 1.165) is 6.54 Å². The van der Waals surface area contributed by atoms with Crippen molar-refractivity contribution in [2.45, 2.75) is 0 Å². The lowest BCUT2D eigenvalue weighted by Crippen LogP contribution is -2.19. The predicted molar refractivity (Wildman–Crippen MR) is 39.9 cm³/mol. The highest BCUT2D eigenvalue weighted by Gasteiger charge is 2.36. The molecule has 0 bridgehead atoms. The van der Waals surface area contributed by atoms with E-state index in [0.29, 0.717) is 6.61 Å². The van der Waals surface area contributed by atoms with Gasteiger partial charge in [0.05, 0.1) is 6.61 Å². The Hall–Kier alpha value is 0.110. The van der Waals surface area contributed by atoms with Crippen LogP contribution in [0.2, 0.25) is 0 Å². The Morgan fingerprint density at radius 2 is 2.20 bits per heavy atom. The molecular formula is C5H13N2O2P. The van der Waals surface area contributed by atoms with E-state index in [1.54, 1.807) is 23.4 Å². The summed E-state index contributed by atoms with van der Waals surface area (Å²) in [6.45, 7) is 1.33. The second-order valence-corrected chi connectivity index (χ2v) is 5.27. The second-order valence-electron chi connectivity index (χ2n) is 2.55. The van der Waals surface area contributed by atoms with Crippen LogP contribution >= 0.6 is 7.67 Å². The first-order chi connectivity index (χ1) is 4.57. The summed E-state index contributed by atoms with van der Waals surface area (Å²) in [5, 5.41) is 0. The van der Waals surface area contributed by atoms with Crippen molar-refractivity contribution in [2.75, 3.05) is 34.3 Å². The fourth-order valence-corrected chi connectivity index (χ4v) is 2.63. The molecule has 4 nitrogen and oxygen atoms in total. The molecule has 1 heterocycles. The number of rotatable bonds is 1. The average molecular weight is 164 g/mol. The third-order valence-electron chi connectivity index (χ3n) is 1.61. The quantitative estimate of drug-likeness (QED) is 0.532. The molecule has 1 aliphatic heterocycles. The fourth-order valence-electron chi connectivity index (χ4n) is 0.938. The first-order valence-corrected chi connectivity index (χ1v) is 4.74. The summed E-state index contributed by atoms with van der Waals surface area (Å²) in [4.78, 5) is 0. The Bertz CT molecular complexity index is 171. The van der Waals surface area contributed by atoms with E-state index >= 15 is 0 Å². The minimum atomic E-state index is -2.57. The van der Waals surface area contributed by atoms with Crippen LogP contribution in [0.1, 0.15) is 0 Å². The molecule has 0 saturated carbocycles. The zero-order valence-corrected chi connectivity index (χ0v) is 7.47. The molecule has 60 valence electrons. The SMILES string of the molecule is CN(C)P1(=O)OCCN1C.